The molecule has 1 saturated heterocycles. The van der Waals surface area contributed by atoms with Gasteiger partial charge in [0.1, 0.15) is 0 Å². The van der Waals surface area contributed by atoms with Crippen LogP contribution in [-0.2, 0) is 10.0 Å². The number of aromatic nitrogens is 2. The Morgan fingerprint density at radius 3 is 2.61 bits per heavy atom. The van der Waals surface area contributed by atoms with Gasteiger partial charge in [-0.05, 0) is 49.4 Å². The molecule has 0 bridgehead atoms. The number of carbonyl (C=O) groups is 1. The molecule has 3 heterocycles. The lowest BCUT2D eigenvalue weighted by Crippen LogP contribution is -2.38. The van der Waals surface area contributed by atoms with E-state index in [9.17, 15) is 13.2 Å². The van der Waals surface area contributed by atoms with Crippen LogP contribution in [0.4, 0.5) is 0 Å². The third-order valence-electron chi connectivity index (χ3n) is 5.46. The molecule has 28 heavy (non-hydrogen) atoms. The van der Waals surface area contributed by atoms with Crippen LogP contribution in [0.3, 0.4) is 0 Å². The van der Waals surface area contributed by atoms with Crippen molar-refractivity contribution in [3.8, 4) is 0 Å². The van der Waals surface area contributed by atoms with E-state index in [1.807, 2.05) is 18.2 Å². The Hall–Kier alpha value is -2.51. The summed E-state index contributed by atoms with van der Waals surface area (Å²) in [6.07, 6.45) is 6.27. The van der Waals surface area contributed by atoms with Crippen LogP contribution in [0.1, 0.15) is 36.2 Å². The number of nitrogens with zero attached hydrogens (tertiary/aromatic N) is 2. The topological polar surface area (TPSA) is 83.1 Å². The molecule has 6 nitrogen and oxygen atoms in total. The van der Waals surface area contributed by atoms with Gasteiger partial charge in [0.2, 0.25) is 10.0 Å². The first-order valence-corrected chi connectivity index (χ1v) is 11.0. The first-order valence-electron chi connectivity index (χ1n) is 9.55. The van der Waals surface area contributed by atoms with E-state index in [2.05, 4.69) is 9.97 Å². The van der Waals surface area contributed by atoms with E-state index in [0.717, 1.165) is 30.2 Å². The van der Waals surface area contributed by atoms with E-state index in [1.165, 1.54) is 0 Å². The molecule has 0 spiro atoms. The zero-order chi connectivity index (χ0) is 19.6. The van der Waals surface area contributed by atoms with Crippen molar-refractivity contribution in [3.63, 3.8) is 0 Å². The number of carbonyl (C=O) groups excluding carboxylic acids is 1. The van der Waals surface area contributed by atoms with Gasteiger partial charge in [-0.3, -0.25) is 9.78 Å². The number of H-pyrrole nitrogens is 1. The van der Waals surface area contributed by atoms with E-state index in [1.54, 1.807) is 41.0 Å². The molecule has 1 aliphatic heterocycles. The van der Waals surface area contributed by atoms with Gasteiger partial charge in [-0.25, -0.2) is 8.42 Å². The van der Waals surface area contributed by atoms with Gasteiger partial charge >= 0.3 is 0 Å². The van der Waals surface area contributed by atoms with Crippen LogP contribution in [-0.4, -0.2) is 41.6 Å². The molecular formula is C21H23N3O3S. The lowest BCUT2D eigenvalue weighted by molar-refractivity contribution is 0.0964. The number of fused-ring (bicyclic) bond motifs is 1. The van der Waals surface area contributed by atoms with Crippen LogP contribution in [0.25, 0.3) is 10.9 Å². The molecule has 0 unspecified atom stereocenters. The quantitative estimate of drug-likeness (QED) is 0.644. The van der Waals surface area contributed by atoms with Gasteiger partial charge in [-0.2, -0.15) is 4.31 Å². The van der Waals surface area contributed by atoms with Gasteiger partial charge in [0.05, 0.1) is 10.6 Å². The normalized spacial score (nSPS) is 16.4. The zero-order valence-corrected chi connectivity index (χ0v) is 16.4. The molecule has 2 aromatic heterocycles. The van der Waals surface area contributed by atoms with Gasteiger partial charge in [-0.1, -0.05) is 18.2 Å². The Kier molecular flexibility index (Phi) is 5.28. The number of rotatable bonds is 6. The lowest BCUT2D eigenvalue weighted by atomic mass is 9.92. The smallest absolute Gasteiger partial charge is 0.243 e. The van der Waals surface area contributed by atoms with Crippen molar-refractivity contribution < 1.29 is 13.2 Å². The first-order chi connectivity index (χ1) is 13.5. The van der Waals surface area contributed by atoms with Crippen LogP contribution in [0.15, 0.2) is 59.8 Å². The van der Waals surface area contributed by atoms with Crippen molar-refractivity contribution in [2.24, 2.45) is 5.92 Å². The third-order valence-corrected chi connectivity index (χ3v) is 7.37. The summed E-state index contributed by atoms with van der Waals surface area (Å²) in [7, 11) is -3.42. The minimum atomic E-state index is -3.42. The van der Waals surface area contributed by atoms with Crippen LogP contribution in [0.5, 0.6) is 0 Å². The number of nitrogens with one attached hydrogen (secondary N) is 1. The predicted octanol–water partition coefficient (Wildman–Crippen LogP) is 3.63. The van der Waals surface area contributed by atoms with Gasteiger partial charge in [0.25, 0.3) is 0 Å². The highest BCUT2D eigenvalue weighted by molar-refractivity contribution is 7.89. The van der Waals surface area contributed by atoms with Crippen molar-refractivity contribution in [3.05, 3.63) is 60.6 Å². The van der Waals surface area contributed by atoms with Gasteiger partial charge in [-0.15, -0.1) is 0 Å². The number of pyridine rings is 1. The molecule has 1 fully saturated rings. The molecule has 0 radical (unpaired) electrons. The van der Waals surface area contributed by atoms with Crippen LogP contribution < -0.4 is 0 Å². The summed E-state index contributed by atoms with van der Waals surface area (Å²) in [5.74, 6) is 0.466. The molecule has 0 aliphatic carbocycles. The summed E-state index contributed by atoms with van der Waals surface area (Å²) < 4.78 is 26.9. The highest BCUT2D eigenvalue weighted by Crippen LogP contribution is 2.27. The second-order valence-electron chi connectivity index (χ2n) is 7.27. The number of ketones is 1. The minimum absolute atomic E-state index is 0.0931. The van der Waals surface area contributed by atoms with Crippen molar-refractivity contribution in [1.29, 1.82) is 0 Å². The van der Waals surface area contributed by atoms with Crippen molar-refractivity contribution in [2.45, 2.75) is 30.6 Å². The number of aromatic amines is 1. The fraction of sp³-hybridized carbons (Fsp3) is 0.333. The molecule has 1 aliphatic rings. The molecule has 0 saturated carbocycles. The molecule has 4 rings (SSSR count). The summed E-state index contributed by atoms with van der Waals surface area (Å²) in [5.41, 5.74) is 1.53. The van der Waals surface area contributed by atoms with E-state index in [-0.39, 0.29) is 5.78 Å². The summed E-state index contributed by atoms with van der Waals surface area (Å²) >= 11 is 0. The zero-order valence-electron chi connectivity index (χ0n) is 15.5. The number of hydrogen-bond donors (Lipinski definition) is 1. The Labute approximate surface area is 164 Å². The predicted molar refractivity (Wildman–Crippen MR) is 108 cm³/mol. The standard InChI is InChI=1S/C21H23N3O3S/c25-21(20-14-17-15-22-11-8-19(17)23-20)7-6-16-9-12-24(13-10-16)28(26,27)18-4-2-1-3-5-18/h1-5,8,11,14-16,23H,6-7,9-10,12-13H2. The van der Waals surface area contributed by atoms with Crippen molar-refractivity contribution in [1.82, 2.24) is 14.3 Å². The summed E-state index contributed by atoms with van der Waals surface area (Å²) in [6.45, 7) is 1.02. The molecule has 0 atom stereocenters. The monoisotopic (exact) mass is 397 g/mol. The molecule has 1 aromatic carbocycles. The average Bonchev–Trinajstić information content (AvgIpc) is 3.17. The molecule has 146 valence electrons. The Balaban J connectivity index is 1.31. The van der Waals surface area contributed by atoms with Gasteiger partial charge in [0.15, 0.2) is 5.78 Å². The molecule has 7 heteroatoms. The second-order valence-corrected chi connectivity index (χ2v) is 9.21. The molecular weight excluding hydrogens is 374 g/mol. The Bertz CT molecular complexity index is 1040. The number of benzene rings is 1. The van der Waals surface area contributed by atoms with E-state index >= 15 is 0 Å². The summed E-state index contributed by atoms with van der Waals surface area (Å²) in [4.78, 5) is 20.1. The summed E-state index contributed by atoms with van der Waals surface area (Å²) in [6, 6.07) is 12.3. The SMILES string of the molecule is O=C(CCC1CCN(S(=O)(=O)c2ccccc2)CC1)c1cc2cnccc2[nH]1. The highest BCUT2D eigenvalue weighted by Gasteiger charge is 2.29. The molecule has 3 aromatic rings. The fourth-order valence-electron chi connectivity index (χ4n) is 3.77. The Morgan fingerprint density at radius 1 is 1.14 bits per heavy atom. The second kappa shape index (κ2) is 7.85. The Morgan fingerprint density at radius 2 is 1.89 bits per heavy atom. The van der Waals surface area contributed by atoms with Crippen LogP contribution in [0, 0.1) is 5.92 Å². The maximum absolute atomic E-state index is 12.7. The fourth-order valence-corrected chi connectivity index (χ4v) is 5.26. The van der Waals surface area contributed by atoms with Gasteiger partial charge < -0.3 is 4.98 Å². The largest absolute Gasteiger partial charge is 0.352 e. The number of piperidine rings is 1. The number of hydrogen-bond acceptors (Lipinski definition) is 4. The van der Waals surface area contributed by atoms with Crippen molar-refractivity contribution in [2.75, 3.05) is 13.1 Å². The minimum Gasteiger partial charge on any atom is -0.352 e. The van der Waals surface area contributed by atoms with E-state index in [0.29, 0.717) is 36.0 Å². The first kappa shape index (κ1) is 18.8. The highest BCUT2D eigenvalue weighted by atomic mass is 32.2. The van der Waals surface area contributed by atoms with Crippen LogP contribution >= 0.6 is 0 Å². The maximum atomic E-state index is 12.7. The molecule has 1 N–H and O–H groups in total. The number of sulfonamides is 1. The van der Waals surface area contributed by atoms with E-state index in [4.69, 9.17) is 0 Å². The third kappa shape index (κ3) is 3.86. The van der Waals surface area contributed by atoms with Gasteiger partial charge in [0, 0.05) is 42.8 Å². The summed E-state index contributed by atoms with van der Waals surface area (Å²) in [5, 5.41) is 0.935. The van der Waals surface area contributed by atoms with Crippen molar-refractivity contribution >= 4 is 26.7 Å². The average molecular weight is 398 g/mol. The molecule has 0 amide bonds. The van der Waals surface area contributed by atoms with E-state index < -0.39 is 10.0 Å². The number of Topliss-reactive ketones (excluding diaryl/α,β-unsaturated/α-hetero) is 1. The maximum Gasteiger partial charge on any atom is 0.243 e. The lowest BCUT2D eigenvalue weighted by Gasteiger charge is -2.31. The van der Waals surface area contributed by atoms with Crippen LogP contribution in [0.2, 0.25) is 0 Å².